The standard InChI is InChI=1S/C26H30N2O2.ClH/c1-26(2,3)20-11-9-18(10-12-20)23-21-8-6-5-7-19(21)17-22(25-27-13-14-28-25)24(23)30-16-15-29-4;/h5-12,17H,13-16H2,1-4H3,(H,27,28);1H. The lowest BCUT2D eigenvalue weighted by Gasteiger charge is -2.21. The molecular weight excluding hydrogens is 408 g/mol. The number of aliphatic imine (C=N–C) groups is 1. The van der Waals surface area contributed by atoms with E-state index in [1.807, 2.05) is 0 Å². The zero-order chi connectivity index (χ0) is 21.1. The third-order valence-corrected chi connectivity index (χ3v) is 5.50. The summed E-state index contributed by atoms with van der Waals surface area (Å²) in [5.74, 6) is 1.77. The van der Waals surface area contributed by atoms with E-state index >= 15 is 0 Å². The molecule has 0 saturated heterocycles. The van der Waals surface area contributed by atoms with Gasteiger partial charge in [-0.05, 0) is 33.4 Å². The van der Waals surface area contributed by atoms with Gasteiger partial charge < -0.3 is 14.8 Å². The maximum atomic E-state index is 6.34. The van der Waals surface area contributed by atoms with Crippen molar-refractivity contribution in [2.45, 2.75) is 26.2 Å². The number of nitrogens with one attached hydrogen (secondary N) is 1. The Morgan fingerprint density at radius 1 is 1.00 bits per heavy atom. The van der Waals surface area contributed by atoms with E-state index in [4.69, 9.17) is 9.47 Å². The fraction of sp³-hybridized carbons (Fsp3) is 0.346. The average Bonchev–Trinajstić information content (AvgIpc) is 3.27. The van der Waals surface area contributed by atoms with Gasteiger partial charge in [0.25, 0.3) is 0 Å². The second kappa shape index (κ2) is 9.71. The van der Waals surface area contributed by atoms with Crippen LogP contribution >= 0.6 is 12.4 Å². The second-order valence-electron chi connectivity index (χ2n) is 8.68. The van der Waals surface area contributed by atoms with Crippen LogP contribution in [0.25, 0.3) is 21.9 Å². The Balaban J connectivity index is 0.00000272. The molecule has 164 valence electrons. The summed E-state index contributed by atoms with van der Waals surface area (Å²) in [6.45, 7) is 9.38. The Labute approximate surface area is 191 Å². The number of halogens is 1. The van der Waals surface area contributed by atoms with E-state index in [1.54, 1.807) is 7.11 Å². The van der Waals surface area contributed by atoms with Crippen molar-refractivity contribution in [3.63, 3.8) is 0 Å². The van der Waals surface area contributed by atoms with Crippen LogP contribution < -0.4 is 10.1 Å². The summed E-state index contributed by atoms with van der Waals surface area (Å²) in [4.78, 5) is 4.68. The van der Waals surface area contributed by atoms with Crippen molar-refractivity contribution in [2.75, 3.05) is 33.4 Å². The van der Waals surface area contributed by atoms with Gasteiger partial charge in [0.05, 0.1) is 18.7 Å². The Morgan fingerprint density at radius 2 is 1.74 bits per heavy atom. The highest BCUT2D eigenvalue weighted by Gasteiger charge is 2.22. The SMILES string of the molecule is COCCOc1c(C2=NCCN2)cc2ccccc2c1-c1ccc(C(C)(C)C)cc1.Cl. The molecule has 0 spiro atoms. The van der Waals surface area contributed by atoms with E-state index in [1.165, 1.54) is 16.3 Å². The highest BCUT2D eigenvalue weighted by Crippen LogP contribution is 2.41. The molecule has 1 aliphatic heterocycles. The molecule has 0 aliphatic carbocycles. The topological polar surface area (TPSA) is 42.9 Å². The van der Waals surface area contributed by atoms with Gasteiger partial charge in [0.15, 0.2) is 0 Å². The summed E-state index contributed by atoms with van der Waals surface area (Å²) in [6.07, 6.45) is 0. The van der Waals surface area contributed by atoms with Crippen LogP contribution in [0.4, 0.5) is 0 Å². The molecule has 0 unspecified atom stereocenters. The zero-order valence-electron chi connectivity index (χ0n) is 18.7. The molecule has 0 aromatic heterocycles. The molecule has 4 nitrogen and oxygen atoms in total. The third kappa shape index (κ3) is 4.86. The first-order chi connectivity index (χ1) is 14.5. The molecule has 1 N–H and O–H groups in total. The van der Waals surface area contributed by atoms with Crippen LogP contribution in [-0.2, 0) is 10.2 Å². The fourth-order valence-electron chi connectivity index (χ4n) is 3.88. The van der Waals surface area contributed by atoms with E-state index in [-0.39, 0.29) is 17.8 Å². The highest BCUT2D eigenvalue weighted by atomic mass is 35.5. The molecule has 5 heteroatoms. The fourth-order valence-corrected chi connectivity index (χ4v) is 3.88. The van der Waals surface area contributed by atoms with Crippen LogP contribution in [0.2, 0.25) is 0 Å². The Morgan fingerprint density at radius 3 is 2.39 bits per heavy atom. The van der Waals surface area contributed by atoms with Gasteiger partial charge in [-0.1, -0.05) is 69.3 Å². The zero-order valence-corrected chi connectivity index (χ0v) is 19.5. The van der Waals surface area contributed by atoms with E-state index in [0.717, 1.165) is 41.4 Å². The minimum Gasteiger partial charge on any atom is -0.490 e. The van der Waals surface area contributed by atoms with Crippen molar-refractivity contribution < 1.29 is 9.47 Å². The normalized spacial score (nSPS) is 13.5. The molecule has 0 bridgehead atoms. The molecular formula is C26H31ClN2O2. The van der Waals surface area contributed by atoms with Crippen molar-refractivity contribution >= 4 is 29.0 Å². The van der Waals surface area contributed by atoms with Crippen LogP contribution in [0.1, 0.15) is 31.9 Å². The number of benzene rings is 3. The molecule has 0 amide bonds. The first-order valence-corrected chi connectivity index (χ1v) is 10.6. The number of hydrogen-bond acceptors (Lipinski definition) is 4. The summed E-state index contributed by atoms with van der Waals surface area (Å²) in [5, 5.41) is 5.77. The first kappa shape index (κ1) is 23.1. The highest BCUT2D eigenvalue weighted by molar-refractivity contribution is 6.11. The van der Waals surface area contributed by atoms with Crippen molar-refractivity contribution in [1.82, 2.24) is 5.32 Å². The van der Waals surface area contributed by atoms with Gasteiger partial charge in [-0.2, -0.15) is 0 Å². The predicted molar refractivity (Wildman–Crippen MR) is 132 cm³/mol. The molecule has 0 saturated carbocycles. The van der Waals surface area contributed by atoms with Crippen molar-refractivity contribution in [3.05, 3.63) is 65.7 Å². The maximum absolute atomic E-state index is 6.34. The number of nitrogens with zero attached hydrogens (tertiary/aromatic N) is 1. The van der Waals surface area contributed by atoms with Crippen LogP contribution in [-0.4, -0.2) is 39.2 Å². The lowest BCUT2D eigenvalue weighted by Crippen LogP contribution is -2.21. The predicted octanol–water partition coefficient (Wildman–Crippen LogP) is 5.60. The molecule has 31 heavy (non-hydrogen) atoms. The molecule has 3 aromatic carbocycles. The summed E-state index contributed by atoms with van der Waals surface area (Å²) in [5.41, 5.74) is 4.69. The summed E-state index contributed by atoms with van der Waals surface area (Å²) >= 11 is 0. The smallest absolute Gasteiger partial charge is 0.138 e. The number of rotatable bonds is 6. The monoisotopic (exact) mass is 438 g/mol. The van der Waals surface area contributed by atoms with E-state index < -0.39 is 0 Å². The van der Waals surface area contributed by atoms with E-state index in [2.05, 4.69) is 85.7 Å². The van der Waals surface area contributed by atoms with Gasteiger partial charge in [0.1, 0.15) is 18.2 Å². The Hall–Kier alpha value is -2.56. The lowest BCUT2D eigenvalue weighted by atomic mass is 9.85. The molecule has 0 fully saturated rings. The van der Waals surface area contributed by atoms with Gasteiger partial charge in [-0.15, -0.1) is 12.4 Å². The molecule has 4 rings (SSSR count). The quantitative estimate of drug-likeness (QED) is 0.509. The minimum atomic E-state index is 0. The maximum Gasteiger partial charge on any atom is 0.138 e. The van der Waals surface area contributed by atoms with Gasteiger partial charge in [-0.3, -0.25) is 4.99 Å². The Bertz CT molecular complexity index is 1070. The van der Waals surface area contributed by atoms with Crippen molar-refractivity contribution in [1.29, 1.82) is 0 Å². The van der Waals surface area contributed by atoms with Crippen molar-refractivity contribution in [2.24, 2.45) is 4.99 Å². The van der Waals surface area contributed by atoms with E-state index in [0.29, 0.717) is 13.2 Å². The van der Waals surface area contributed by atoms with Gasteiger partial charge >= 0.3 is 0 Å². The number of amidine groups is 1. The average molecular weight is 439 g/mol. The third-order valence-electron chi connectivity index (χ3n) is 5.50. The summed E-state index contributed by atoms with van der Waals surface area (Å²) < 4.78 is 11.6. The second-order valence-corrected chi connectivity index (χ2v) is 8.68. The number of fused-ring (bicyclic) bond motifs is 1. The van der Waals surface area contributed by atoms with Crippen LogP contribution in [0, 0.1) is 0 Å². The number of hydrogen-bond donors (Lipinski definition) is 1. The van der Waals surface area contributed by atoms with Gasteiger partial charge in [-0.25, -0.2) is 0 Å². The summed E-state index contributed by atoms with van der Waals surface area (Å²) in [7, 11) is 1.69. The molecule has 3 aromatic rings. The van der Waals surface area contributed by atoms with Gasteiger partial charge in [0.2, 0.25) is 0 Å². The van der Waals surface area contributed by atoms with Crippen LogP contribution in [0.3, 0.4) is 0 Å². The van der Waals surface area contributed by atoms with Crippen LogP contribution in [0.15, 0.2) is 59.6 Å². The molecule has 0 radical (unpaired) electrons. The largest absolute Gasteiger partial charge is 0.490 e. The number of ether oxygens (including phenoxy) is 2. The summed E-state index contributed by atoms with van der Waals surface area (Å²) in [6, 6.07) is 19.5. The lowest BCUT2D eigenvalue weighted by molar-refractivity contribution is 0.146. The Kier molecular flexibility index (Phi) is 7.24. The van der Waals surface area contributed by atoms with Gasteiger partial charge in [0, 0.05) is 19.2 Å². The molecule has 0 atom stereocenters. The molecule has 1 heterocycles. The number of methoxy groups -OCH3 is 1. The van der Waals surface area contributed by atoms with Crippen LogP contribution in [0.5, 0.6) is 5.75 Å². The van der Waals surface area contributed by atoms with E-state index in [9.17, 15) is 0 Å². The minimum absolute atomic E-state index is 0. The molecule has 1 aliphatic rings. The van der Waals surface area contributed by atoms with Crippen molar-refractivity contribution in [3.8, 4) is 16.9 Å². The first-order valence-electron chi connectivity index (χ1n) is 10.6.